The number of nitrogens with zero attached hydrogens (tertiary/aromatic N) is 3. The lowest BCUT2D eigenvalue weighted by molar-refractivity contribution is 0.475. The molecule has 3 aromatic carbocycles. The van der Waals surface area contributed by atoms with Crippen molar-refractivity contribution < 1.29 is 5.11 Å². The van der Waals surface area contributed by atoms with E-state index in [2.05, 4.69) is 4.98 Å². The van der Waals surface area contributed by atoms with Gasteiger partial charge in [-0.3, -0.25) is 0 Å². The summed E-state index contributed by atoms with van der Waals surface area (Å²) in [6, 6.07) is 25.0. The van der Waals surface area contributed by atoms with Gasteiger partial charge in [0.15, 0.2) is 0 Å². The number of hydrogen-bond donors (Lipinski definition) is 2. The van der Waals surface area contributed by atoms with Gasteiger partial charge in [-0.2, -0.15) is 5.10 Å². The van der Waals surface area contributed by atoms with Crippen LogP contribution in [0.1, 0.15) is 0 Å². The fourth-order valence-corrected chi connectivity index (χ4v) is 3.17. The smallest absolute Gasteiger partial charge is 0.142 e. The minimum atomic E-state index is 0.228. The van der Waals surface area contributed by atoms with E-state index in [1.54, 1.807) is 12.1 Å². The van der Waals surface area contributed by atoms with Gasteiger partial charge in [-0.05, 0) is 48.5 Å². The quantitative estimate of drug-likeness (QED) is 0.491. The van der Waals surface area contributed by atoms with E-state index in [1.807, 2.05) is 77.6 Å². The number of phenolic OH excluding ortho intramolecular Hbond substituents is 1. The summed E-state index contributed by atoms with van der Waals surface area (Å²) >= 11 is 0. The standard InChI is InChI=1S/C22H16N4O/c27-17-12-10-15(11-13-17)21-18(14-26(25-21)16-6-2-1-3-7-16)22-23-19-8-4-5-9-20(19)24-22/h1-14,27H,(H,23,24). The number of rotatable bonds is 3. The number of fused-ring (bicyclic) bond motifs is 1. The fraction of sp³-hybridized carbons (Fsp3) is 0. The van der Waals surface area contributed by atoms with E-state index in [1.165, 1.54) is 0 Å². The van der Waals surface area contributed by atoms with Gasteiger partial charge >= 0.3 is 0 Å². The minimum absolute atomic E-state index is 0.228. The first-order valence-corrected chi connectivity index (χ1v) is 8.67. The van der Waals surface area contributed by atoms with Crippen LogP contribution in [-0.4, -0.2) is 24.9 Å². The maximum absolute atomic E-state index is 9.62. The van der Waals surface area contributed by atoms with Gasteiger partial charge in [-0.15, -0.1) is 0 Å². The number of hydrogen-bond acceptors (Lipinski definition) is 3. The topological polar surface area (TPSA) is 66.7 Å². The molecule has 0 aliphatic heterocycles. The Morgan fingerprint density at radius 1 is 0.815 bits per heavy atom. The number of para-hydroxylation sites is 3. The highest BCUT2D eigenvalue weighted by Crippen LogP contribution is 2.32. The number of aromatic nitrogens is 4. The summed E-state index contributed by atoms with van der Waals surface area (Å²) in [6.45, 7) is 0. The Labute approximate surface area is 155 Å². The van der Waals surface area contributed by atoms with Crippen molar-refractivity contribution in [2.24, 2.45) is 0 Å². The van der Waals surface area contributed by atoms with Crippen LogP contribution >= 0.6 is 0 Å². The molecular formula is C22H16N4O. The molecule has 0 saturated carbocycles. The second-order valence-electron chi connectivity index (χ2n) is 6.32. The van der Waals surface area contributed by atoms with Crippen molar-refractivity contribution in [2.75, 3.05) is 0 Å². The summed E-state index contributed by atoms with van der Waals surface area (Å²) < 4.78 is 1.85. The monoisotopic (exact) mass is 352 g/mol. The largest absolute Gasteiger partial charge is 0.508 e. The summed E-state index contributed by atoms with van der Waals surface area (Å²) in [5, 5.41) is 14.4. The third-order valence-electron chi connectivity index (χ3n) is 4.52. The second-order valence-corrected chi connectivity index (χ2v) is 6.32. The lowest BCUT2D eigenvalue weighted by Crippen LogP contribution is -1.93. The number of phenols is 1. The van der Waals surface area contributed by atoms with Crippen LogP contribution in [0, 0.1) is 0 Å². The number of aromatic amines is 1. The first-order valence-electron chi connectivity index (χ1n) is 8.67. The molecule has 2 aromatic heterocycles. The molecule has 0 fully saturated rings. The van der Waals surface area contributed by atoms with Crippen molar-refractivity contribution in [1.29, 1.82) is 0 Å². The van der Waals surface area contributed by atoms with Gasteiger partial charge in [-0.1, -0.05) is 30.3 Å². The molecule has 0 aliphatic carbocycles. The molecule has 0 bridgehead atoms. The number of imidazole rings is 1. The van der Waals surface area contributed by atoms with Crippen LogP contribution < -0.4 is 0 Å². The molecule has 5 aromatic rings. The van der Waals surface area contributed by atoms with E-state index < -0.39 is 0 Å². The van der Waals surface area contributed by atoms with E-state index in [9.17, 15) is 5.11 Å². The van der Waals surface area contributed by atoms with E-state index in [0.29, 0.717) is 0 Å². The van der Waals surface area contributed by atoms with E-state index in [-0.39, 0.29) is 5.75 Å². The van der Waals surface area contributed by atoms with Crippen LogP contribution in [0.15, 0.2) is 85.1 Å². The number of nitrogens with one attached hydrogen (secondary N) is 1. The zero-order chi connectivity index (χ0) is 18.2. The van der Waals surface area contributed by atoms with Crippen LogP contribution in [0.2, 0.25) is 0 Å². The molecule has 0 amide bonds. The Morgan fingerprint density at radius 3 is 2.33 bits per heavy atom. The summed E-state index contributed by atoms with van der Waals surface area (Å²) in [6.07, 6.45) is 1.98. The fourth-order valence-electron chi connectivity index (χ4n) is 3.17. The van der Waals surface area contributed by atoms with E-state index in [4.69, 9.17) is 10.1 Å². The maximum Gasteiger partial charge on any atom is 0.142 e. The average Bonchev–Trinajstić information content (AvgIpc) is 3.33. The Balaban J connectivity index is 1.72. The van der Waals surface area contributed by atoms with Gasteiger partial charge in [0.2, 0.25) is 0 Å². The van der Waals surface area contributed by atoms with Crippen molar-refractivity contribution in [1.82, 2.24) is 19.7 Å². The molecule has 0 radical (unpaired) electrons. The predicted octanol–water partition coefficient (Wildman–Crippen LogP) is 4.79. The Morgan fingerprint density at radius 2 is 1.56 bits per heavy atom. The van der Waals surface area contributed by atoms with Crippen molar-refractivity contribution in [3.8, 4) is 34.1 Å². The van der Waals surface area contributed by atoms with Gasteiger partial charge in [0.05, 0.1) is 22.3 Å². The number of aromatic hydroxyl groups is 1. The second kappa shape index (κ2) is 6.14. The van der Waals surface area contributed by atoms with Crippen LogP contribution in [0.4, 0.5) is 0 Å². The Bertz CT molecular complexity index is 1190. The molecule has 0 spiro atoms. The molecule has 0 unspecified atom stereocenters. The molecule has 0 aliphatic rings. The molecule has 2 heterocycles. The maximum atomic E-state index is 9.62. The lowest BCUT2D eigenvalue weighted by atomic mass is 10.1. The number of H-pyrrole nitrogens is 1. The molecule has 0 saturated heterocycles. The minimum Gasteiger partial charge on any atom is -0.508 e. The highest BCUT2D eigenvalue weighted by molar-refractivity contribution is 5.84. The number of benzene rings is 3. The van der Waals surface area contributed by atoms with Crippen LogP contribution in [0.25, 0.3) is 39.4 Å². The Kier molecular flexibility index (Phi) is 3.50. The molecule has 5 nitrogen and oxygen atoms in total. The first-order chi connectivity index (χ1) is 13.3. The zero-order valence-electron chi connectivity index (χ0n) is 14.4. The summed E-state index contributed by atoms with van der Waals surface area (Å²) in [7, 11) is 0. The van der Waals surface area contributed by atoms with Gasteiger partial charge in [0.1, 0.15) is 17.3 Å². The molecule has 5 rings (SSSR count). The molecule has 2 N–H and O–H groups in total. The molecule has 27 heavy (non-hydrogen) atoms. The third-order valence-corrected chi connectivity index (χ3v) is 4.52. The molecule has 5 heteroatoms. The molecular weight excluding hydrogens is 336 g/mol. The van der Waals surface area contributed by atoms with Crippen LogP contribution in [0.3, 0.4) is 0 Å². The Hall–Kier alpha value is -3.86. The summed E-state index contributed by atoms with van der Waals surface area (Å²) in [5.74, 6) is 0.994. The summed E-state index contributed by atoms with van der Waals surface area (Å²) in [4.78, 5) is 8.12. The zero-order valence-corrected chi connectivity index (χ0v) is 14.4. The third kappa shape index (κ3) is 2.75. The first kappa shape index (κ1) is 15.4. The van der Waals surface area contributed by atoms with Crippen molar-refractivity contribution in [2.45, 2.75) is 0 Å². The molecule has 130 valence electrons. The van der Waals surface area contributed by atoms with Crippen molar-refractivity contribution in [3.63, 3.8) is 0 Å². The van der Waals surface area contributed by atoms with Crippen molar-refractivity contribution in [3.05, 3.63) is 85.1 Å². The van der Waals surface area contributed by atoms with E-state index in [0.717, 1.165) is 39.4 Å². The van der Waals surface area contributed by atoms with E-state index >= 15 is 0 Å². The van der Waals surface area contributed by atoms with Gasteiger partial charge in [0, 0.05) is 11.8 Å². The van der Waals surface area contributed by atoms with Crippen LogP contribution in [-0.2, 0) is 0 Å². The highest BCUT2D eigenvalue weighted by Gasteiger charge is 2.17. The van der Waals surface area contributed by atoms with Gasteiger partial charge < -0.3 is 10.1 Å². The SMILES string of the molecule is Oc1ccc(-c2nn(-c3ccccc3)cc2-c2nc3ccccc3[nH]2)cc1. The van der Waals surface area contributed by atoms with Crippen molar-refractivity contribution >= 4 is 11.0 Å². The summed E-state index contributed by atoms with van der Waals surface area (Å²) in [5.41, 5.74) is 5.49. The predicted molar refractivity (Wildman–Crippen MR) is 106 cm³/mol. The van der Waals surface area contributed by atoms with Gasteiger partial charge in [-0.25, -0.2) is 9.67 Å². The average molecular weight is 352 g/mol. The highest BCUT2D eigenvalue weighted by atomic mass is 16.3. The van der Waals surface area contributed by atoms with Crippen LogP contribution in [0.5, 0.6) is 5.75 Å². The van der Waals surface area contributed by atoms with Gasteiger partial charge in [0.25, 0.3) is 0 Å². The lowest BCUT2D eigenvalue weighted by Gasteiger charge is -2.01. The normalized spacial score (nSPS) is 11.1. The molecule has 0 atom stereocenters.